The highest BCUT2D eigenvalue weighted by molar-refractivity contribution is 5.94. The molecule has 1 amide bonds. The lowest BCUT2D eigenvalue weighted by molar-refractivity contribution is 0.0739. The maximum atomic E-state index is 12.6. The monoisotopic (exact) mass is 310 g/mol. The predicted molar refractivity (Wildman–Crippen MR) is 89.4 cm³/mol. The van der Waals surface area contributed by atoms with Crippen molar-refractivity contribution < 1.29 is 9.53 Å². The highest BCUT2D eigenvalue weighted by Crippen LogP contribution is 2.29. The summed E-state index contributed by atoms with van der Waals surface area (Å²) in [5.41, 5.74) is 1.54. The van der Waals surface area contributed by atoms with Crippen molar-refractivity contribution in [2.75, 3.05) is 13.7 Å². The van der Waals surface area contributed by atoms with Crippen LogP contribution in [0.25, 0.3) is 0 Å². The number of rotatable bonds is 6. The topological polar surface area (TPSA) is 42.4 Å². The highest BCUT2D eigenvalue weighted by atomic mass is 16.5. The molecule has 0 saturated heterocycles. The second kappa shape index (κ2) is 6.82. The van der Waals surface area contributed by atoms with Gasteiger partial charge in [0.1, 0.15) is 5.75 Å². The fourth-order valence-corrected chi connectivity index (χ4v) is 2.39. The number of carbonyl (C=O) groups excluding carboxylic acids is 1. The van der Waals surface area contributed by atoms with E-state index in [1.165, 1.54) is 12.8 Å². The molecule has 0 N–H and O–H groups in total. The molecule has 23 heavy (non-hydrogen) atoms. The molecule has 0 unspecified atom stereocenters. The van der Waals surface area contributed by atoms with Gasteiger partial charge in [-0.05, 0) is 62.1 Å². The molecule has 4 nitrogen and oxygen atoms in total. The van der Waals surface area contributed by atoms with Gasteiger partial charge in [-0.2, -0.15) is 0 Å². The lowest BCUT2D eigenvalue weighted by Gasteiger charge is -2.24. The van der Waals surface area contributed by atoms with E-state index in [-0.39, 0.29) is 11.9 Å². The first-order valence-corrected chi connectivity index (χ1v) is 8.06. The second-order valence-electron chi connectivity index (χ2n) is 6.13. The molecule has 1 atom stereocenters. The Labute approximate surface area is 137 Å². The van der Waals surface area contributed by atoms with Gasteiger partial charge in [0.05, 0.1) is 18.3 Å². The van der Waals surface area contributed by atoms with Gasteiger partial charge in [-0.15, -0.1) is 0 Å². The van der Waals surface area contributed by atoms with Crippen LogP contribution in [0.15, 0.2) is 48.7 Å². The molecule has 0 aliphatic heterocycles. The van der Waals surface area contributed by atoms with Crippen LogP contribution in [0.3, 0.4) is 0 Å². The van der Waals surface area contributed by atoms with Crippen molar-refractivity contribution in [1.82, 2.24) is 9.88 Å². The van der Waals surface area contributed by atoms with Crippen LogP contribution in [0.4, 0.5) is 0 Å². The molecule has 3 rings (SSSR count). The van der Waals surface area contributed by atoms with Crippen molar-refractivity contribution in [3.8, 4) is 5.75 Å². The van der Waals surface area contributed by atoms with Crippen molar-refractivity contribution in [1.29, 1.82) is 0 Å². The van der Waals surface area contributed by atoms with Crippen LogP contribution in [0.5, 0.6) is 5.75 Å². The summed E-state index contributed by atoms with van der Waals surface area (Å²) in [6.45, 7) is 2.76. The van der Waals surface area contributed by atoms with Gasteiger partial charge >= 0.3 is 0 Å². The molecule has 4 heteroatoms. The summed E-state index contributed by atoms with van der Waals surface area (Å²) in [7, 11) is 1.80. The third-order valence-corrected chi connectivity index (χ3v) is 4.30. The number of hydrogen-bond acceptors (Lipinski definition) is 3. The SMILES string of the molecule is C[C@H](c1ccccn1)N(C)C(=O)c1ccc(OCC2CC2)cc1. The Morgan fingerprint density at radius 3 is 2.61 bits per heavy atom. The third-order valence-electron chi connectivity index (χ3n) is 4.30. The van der Waals surface area contributed by atoms with Gasteiger partial charge in [0.25, 0.3) is 5.91 Å². The number of amides is 1. The molecule has 1 aliphatic carbocycles. The normalized spacial score (nSPS) is 15.0. The minimum atomic E-state index is -0.0745. The Balaban J connectivity index is 1.64. The lowest BCUT2D eigenvalue weighted by Crippen LogP contribution is -2.30. The van der Waals surface area contributed by atoms with Crippen LogP contribution >= 0.6 is 0 Å². The van der Waals surface area contributed by atoms with E-state index in [2.05, 4.69) is 4.98 Å². The Morgan fingerprint density at radius 1 is 1.26 bits per heavy atom. The van der Waals surface area contributed by atoms with Crippen molar-refractivity contribution >= 4 is 5.91 Å². The summed E-state index contributed by atoms with van der Waals surface area (Å²) in [6, 6.07) is 13.1. The Kier molecular flexibility index (Phi) is 4.60. The van der Waals surface area contributed by atoms with Crippen LogP contribution in [0, 0.1) is 5.92 Å². The Morgan fingerprint density at radius 2 is 2.00 bits per heavy atom. The van der Waals surface area contributed by atoms with E-state index in [0.29, 0.717) is 5.56 Å². The molecule has 1 aliphatic rings. The number of nitrogens with zero attached hydrogens (tertiary/aromatic N) is 2. The number of carbonyl (C=O) groups is 1. The van der Waals surface area contributed by atoms with Crippen molar-refractivity contribution in [2.24, 2.45) is 5.92 Å². The predicted octanol–water partition coefficient (Wildman–Crippen LogP) is 3.70. The number of pyridine rings is 1. The summed E-state index contributed by atoms with van der Waals surface area (Å²) in [4.78, 5) is 18.6. The van der Waals surface area contributed by atoms with E-state index in [1.807, 2.05) is 49.4 Å². The van der Waals surface area contributed by atoms with E-state index >= 15 is 0 Å². The van der Waals surface area contributed by atoms with Crippen LogP contribution in [-0.4, -0.2) is 29.4 Å². The van der Waals surface area contributed by atoms with Gasteiger partial charge in [-0.25, -0.2) is 0 Å². The standard InChI is InChI=1S/C19H22N2O2/c1-14(18-5-3-4-12-20-18)21(2)19(22)16-8-10-17(11-9-16)23-13-15-6-7-15/h3-5,8-12,14-15H,6-7,13H2,1-2H3/t14-/m1/s1. The van der Waals surface area contributed by atoms with Crippen LogP contribution in [0.2, 0.25) is 0 Å². The van der Waals surface area contributed by atoms with Crippen LogP contribution in [-0.2, 0) is 0 Å². The van der Waals surface area contributed by atoms with Gasteiger partial charge in [0.15, 0.2) is 0 Å². The number of ether oxygens (including phenoxy) is 1. The summed E-state index contributed by atoms with van der Waals surface area (Å²) in [5.74, 6) is 1.53. The van der Waals surface area contributed by atoms with Gasteiger partial charge < -0.3 is 9.64 Å². The average molecular weight is 310 g/mol. The average Bonchev–Trinajstić information content (AvgIpc) is 3.43. The molecule has 0 radical (unpaired) electrons. The Bertz CT molecular complexity index is 651. The Hall–Kier alpha value is -2.36. The zero-order valence-electron chi connectivity index (χ0n) is 13.6. The van der Waals surface area contributed by atoms with Crippen LogP contribution in [0.1, 0.15) is 41.9 Å². The third kappa shape index (κ3) is 3.89. The molecule has 2 aromatic rings. The van der Waals surface area contributed by atoms with Gasteiger partial charge in [0.2, 0.25) is 0 Å². The molecule has 1 fully saturated rings. The van der Waals surface area contributed by atoms with Crippen molar-refractivity contribution in [3.63, 3.8) is 0 Å². The second-order valence-corrected chi connectivity index (χ2v) is 6.13. The number of hydrogen-bond donors (Lipinski definition) is 0. The number of aromatic nitrogens is 1. The maximum Gasteiger partial charge on any atom is 0.254 e. The first-order valence-electron chi connectivity index (χ1n) is 8.06. The quantitative estimate of drug-likeness (QED) is 0.817. The fourth-order valence-electron chi connectivity index (χ4n) is 2.39. The molecule has 120 valence electrons. The first kappa shape index (κ1) is 15.5. The molecule has 1 heterocycles. The highest BCUT2D eigenvalue weighted by Gasteiger charge is 2.22. The lowest BCUT2D eigenvalue weighted by atomic mass is 10.1. The van der Waals surface area contributed by atoms with Crippen LogP contribution < -0.4 is 4.74 Å². The van der Waals surface area contributed by atoms with E-state index in [1.54, 1.807) is 18.1 Å². The van der Waals surface area contributed by atoms with E-state index in [4.69, 9.17) is 4.74 Å². The minimum absolute atomic E-state index is 0.0168. The fraction of sp³-hybridized carbons (Fsp3) is 0.368. The smallest absolute Gasteiger partial charge is 0.254 e. The molecular weight excluding hydrogens is 288 g/mol. The van der Waals surface area contributed by atoms with Crippen molar-refractivity contribution in [2.45, 2.75) is 25.8 Å². The molecule has 0 spiro atoms. The summed E-state index contributed by atoms with van der Waals surface area (Å²) < 4.78 is 5.71. The van der Waals surface area contributed by atoms with Gasteiger partial charge in [0, 0.05) is 18.8 Å². The molecule has 1 aromatic heterocycles. The van der Waals surface area contributed by atoms with Crippen molar-refractivity contribution in [3.05, 3.63) is 59.9 Å². The van der Waals surface area contributed by atoms with E-state index in [9.17, 15) is 4.79 Å². The minimum Gasteiger partial charge on any atom is -0.493 e. The number of benzene rings is 1. The summed E-state index contributed by atoms with van der Waals surface area (Å²) in [6.07, 6.45) is 4.29. The summed E-state index contributed by atoms with van der Waals surface area (Å²) >= 11 is 0. The van der Waals surface area contributed by atoms with E-state index < -0.39 is 0 Å². The first-order chi connectivity index (χ1) is 11.1. The molecule has 1 aromatic carbocycles. The molecule has 0 bridgehead atoms. The molecule has 1 saturated carbocycles. The maximum absolute atomic E-state index is 12.6. The van der Waals surface area contributed by atoms with E-state index in [0.717, 1.165) is 24.0 Å². The molecular formula is C19H22N2O2. The zero-order valence-corrected chi connectivity index (χ0v) is 13.6. The summed E-state index contributed by atoms with van der Waals surface area (Å²) in [5, 5.41) is 0. The van der Waals surface area contributed by atoms with Gasteiger partial charge in [-0.1, -0.05) is 6.07 Å². The van der Waals surface area contributed by atoms with Gasteiger partial charge in [-0.3, -0.25) is 9.78 Å². The zero-order chi connectivity index (χ0) is 16.2. The largest absolute Gasteiger partial charge is 0.493 e.